The minimum Gasteiger partial charge on any atom is -0.455 e. The van der Waals surface area contributed by atoms with Gasteiger partial charge in [0.25, 0.3) is 0 Å². The van der Waals surface area contributed by atoms with Gasteiger partial charge in [0.2, 0.25) is 0 Å². The predicted molar refractivity (Wildman–Crippen MR) is 237 cm³/mol. The summed E-state index contributed by atoms with van der Waals surface area (Å²) in [5.74, 6) is 0. The van der Waals surface area contributed by atoms with Crippen LogP contribution in [0.15, 0.2) is 204 Å². The number of rotatable bonds is 8. The zero-order valence-corrected chi connectivity index (χ0v) is 31.3. The Bertz CT molecular complexity index is 3090. The van der Waals surface area contributed by atoms with Crippen LogP contribution in [0.5, 0.6) is 0 Å². The van der Waals surface area contributed by atoms with Crippen molar-refractivity contribution < 1.29 is 4.42 Å². The van der Waals surface area contributed by atoms with Crippen molar-refractivity contribution in [1.82, 2.24) is 0 Å². The molecule has 0 aliphatic heterocycles. The van der Waals surface area contributed by atoms with Gasteiger partial charge in [-0.3, -0.25) is 0 Å². The van der Waals surface area contributed by atoms with Crippen LogP contribution in [0.4, 0.5) is 11.4 Å². The fourth-order valence-electron chi connectivity index (χ4n) is 8.08. The number of nitrogens with zero attached hydrogens (tertiary/aromatic N) is 1. The Morgan fingerprint density at radius 3 is 2.13 bits per heavy atom. The van der Waals surface area contributed by atoms with Crippen LogP contribution in [0, 0.1) is 0 Å². The first-order chi connectivity index (χ1) is 27.2. The summed E-state index contributed by atoms with van der Waals surface area (Å²) in [6.07, 6.45) is 7.62. The summed E-state index contributed by atoms with van der Waals surface area (Å²) in [5, 5.41) is 7.11. The zero-order chi connectivity index (χ0) is 36.7. The molecule has 2 aromatic heterocycles. The minimum absolute atomic E-state index is 0.812. The second kappa shape index (κ2) is 13.9. The molecule has 0 radical (unpaired) electrons. The molecule has 10 rings (SSSR count). The smallest absolute Gasteiger partial charge is 0.143 e. The third-order valence-electron chi connectivity index (χ3n) is 10.7. The Balaban J connectivity index is 1.14. The van der Waals surface area contributed by atoms with E-state index in [9.17, 15) is 0 Å². The van der Waals surface area contributed by atoms with Gasteiger partial charge in [-0.25, -0.2) is 0 Å². The molecule has 0 saturated carbocycles. The molecule has 2 nitrogen and oxygen atoms in total. The lowest BCUT2D eigenvalue weighted by atomic mass is 9.98. The number of hydrogen-bond acceptors (Lipinski definition) is 3. The van der Waals surface area contributed by atoms with Gasteiger partial charge in [-0.1, -0.05) is 164 Å². The van der Waals surface area contributed by atoms with Crippen molar-refractivity contribution in [3.05, 3.63) is 205 Å². The molecule has 0 spiro atoms. The highest BCUT2D eigenvalue weighted by atomic mass is 32.1. The van der Waals surface area contributed by atoms with Crippen molar-refractivity contribution in [2.75, 3.05) is 4.90 Å². The maximum absolute atomic E-state index is 6.90. The average Bonchev–Trinajstić information content (AvgIpc) is 3.83. The lowest BCUT2D eigenvalue weighted by molar-refractivity contribution is 0.674. The first kappa shape index (κ1) is 32.9. The molecule has 0 aliphatic carbocycles. The van der Waals surface area contributed by atoms with Gasteiger partial charge in [0, 0.05) is 48.5 Å². The molecule has 0 aliphatic rings. The Morgan fingerprint density at radius 2 is 1.22 bits per heavy atom. The van der Waals surface area contributed by atoms with Crippen molar-refractivity contribution in [2.45, 2.75) is 13.3 Å². The molecule has 3 heteroatoms. The number of allylic oxidation sites excluding steroid dienone is 3. The number of thiophene rings is 1. The molecule has 10 aromatic rings. The molecule has 2 heterocycles. The lowest BCUT2D eigenvalue weighted by Gasteiger charge is -2.29. The van der Waals surface area contributed by atoms with E-state index >= 15 is 0 Å². The molecule has 55 heavy (non-hydrogen) atoms. The Kier molecular flexibility index (Phi) is 8.35. The van der Waals surface area contributed by atoms with Crippen LogP contribution < -0.4 is 4.90 Å². The number of anilines is 2. The van der Waals surface area contributed by atoms with E-state index in [2.05, 4.69) is 206 Å². The summed E-state index contributed by atoms with van der Waals surface area (Å²) in [7, 11) is 0. The number of fused-ring (bicyclic) bond motifs is 8. The third-order valence-corrected chi connectivity index (χ3v) is 11.9. The van der Waals surface area contributed by atoms with Gasteiger partial charge in [0.1, 0.15) is 11.2 Å². The van der Waals surface area contributed by atoms with E-state index in [-0.39, 0.29) is 0 Å². The van der Waals surface area contributed by atoms with Crippen molar-refractivity contribution in [3.63, 3.8) is 0 Å². The molecule has 0 unspecified atom stereocenters. The van der Waals surface area contributed by atoms with Gasteiger partial charge in [0.05, 0.1) is 16.1 Å². The van der Waals surface area contributed by atoms with Crippen molar-refractivity contribution in [2.24, 2.45) is 0 Å². The van der Waals surface area contributed by atoms with Gasteiger partial charge in [-0.15, -0.1) is 11.3 Å². The summed E-state index contributed by atoms with van der Waals surface area (Å²) in [6, 6.07) is 63.1. The van der Waals surface area contributed by atoms with E-state index in [4.69, 9.17) is 4.42 Å². The zero-order valence-electron chi connectivity index (χ0n) is 30.4. The summed E-state index contributed by atoms with van der Waals surface area (Å²) in [6.45, 7) is 2.14. The lowest BCUT2D eigenvalue weighted by Crippen LogP contribution is -2.16. The van der Waals surface area contributed by atoms with Crippen molar-refractivity contribution in [1.29, 1.82) is 0 Å². The van der Waals surface area contributed by atoms with Crippen LogP contribution in [0.25, 0.3) is 75.1 Å². The van der Waals surface area contributed by atoms with Crippen LogP contribution in [0.3, 0.4) is 0 Å². The second-order valence-electron chi connectivity index (χ2n) is 13.9. The first-order valence-electron chi connectivity index (χ1n) is 18.8. The van der Waals surface area contributed by atoms with Crippen LogP contribution in [0.2, 0.25) is 0 Å². The molecule has 0 atom stereocenters. The standard InChI is InChI=1S/C52H37NOS/c1-2-39(22-13-17-35-16-12-21-38(34-35)36-18-4-3-5-19-36)53(48-30-15-28-46-42-25-9-11-31-49(42)55-52(46)48)47-29-10-8-24-41(47)43-26-14-27-44-45-33-32-37-20-6-7-23-40(37)50(45)54-51(43)44/h2-16,18-34H,17H2,1H3/b22-13-,39-2+. The highest BCUT2D eigenvalue weighted by Crippen LogP contribution is 2.47. The van der Waals surface area contributed by atoms with E-state index in [1.54, 1.807) is 0 Å². The largest absolute Gasteiger partial charge is 0.455 e. The fourth-order valence-corrected chi connectivity index (χ4v) is 9.28. The number of para-hydroxylation sites is 2. The monoisotopic (exact) mass is 723 g/mol. The molecule has 0 bridgehead atoms. The molecule has 0 fully saturated rings. The quantitative estimate of drug-likeness (QED) is 0.145. The highest BCUT2D eigenvalue weighted by molar-refractivity contribution is 7.26. The van der Waals surface area contributed by atoms with Crippen LogP contribution in [-0.4, -0.2) is 0 Å². The molecule has 0 amide bonds. The van der Waals surface area contributed by atoms with E-state index in [1.807, 2.05) is 11.3 Å². The molecule has 0 N–H and O–H groups in total. The normalized spacial score (nSPS) is 12.2. The van der Waals surface area contributed by atoms with Crippen molar-refractivity contribution >= 4 is 75.6 Å². The molecule has 262 valence electrons. The van der Waals surface area contributed by atoms with Gasteiger partial charge in [-0.05, 0) is 65.8 Å². The molecular weight excluding hydrogens is 687 g/mol. The van der Waals surface area contributed by atoms with Gasteiger partial charge < -0.3 is 9.32 Å². The second-order valence-corrected chi connectivity index (χ2v) is 15.0. The Hall–Kier alpha value is -6.68. The summed E-state index contributed by atoms with van der Waals surface area (Å²) < 4.78 is 9.44. The highest BCUT2D eigenvalue weighted by Gasteiger charge is 2.23. The number of furan rings is 1. The van der Waals surface area contributed by atoms with Crippen LogP contribution in [0.1, 0.15) is 12.5 Å². The molecule has 8 aromatic carbocycles. The Morgan fingerprint density at radius 1 is 0.545 bits per heavy atom. The summed E-state index contributed by atoms with van der Waals surface area (Å²) in [4.78, 5) is 2.45. The predicted octanol–water partition coefficient (Wildman–Crippen LogP) is 15.3. The third kappa shape index (κ3) is 5.81. The molecule has 0 saturated heterocycles. The van der Waals surface area contributed by atoms with E-state index in [0.29, 0.717) is 0 Å². The topological polar surface area (TPSA) is 16.4 Å². The van der Waals surface area contributed by atoms with E-state index in [0.717, 1.165) is 61.9 Å². The minimum atomic E-state index is 0.812. The Labute approximate surface area is 324 Å². The summed E-state index contributed by atoms with van der Waals surface area (Å²) >= 11 is 1.86. The molecular formula is C52H37NOS. The fraction of sp³-hybridized carbons (Fsp3) is 0.0385. The van der Waals surface area contributed by atoms with E-state index < -0.39 is 0 Å². The van der Waals surface area contributed by atoms with Crippen LogP contribution in [-0.2, 0) is 6.42 Å². The van der Waals surface area contributed by atoms with Gasteiger partial charge in [0.15, 0.2) is 0 Å². The SMILES string of the molecule is C/C=C(\C=C/Cc1cccc(-c2ccccc2)c1)N(c1ccccc1-c1cccc2c1oc1c3ccccc3ccc21)c1cccc2c1sc1ccccc12. The van der Waals surface area contributed by atoms with Gasteiger partial charge >= 0.3 is 0 Å². The van der Waals surface area contributed by atoms with Gasteiger partial charge in [-0.2, -0.15) is 0 Å². The maximum atomic E-state index is 6.90. The maximum Gasteiger partial charge on any atom is 0.143 e. The van der Waals surface area contributed by atoms with Crippen LogP contribution >= 0.6 is 11.3 Å². The van der Waals surface area contributed by atoms with E-state index in [1.165, 1.54) is 42.2 Å². The first-order valence-corrected chi connectivity index (χ1v) is 19.7. The number of benzene rings is 8. The average molecular weight is 724 g/mol. The number of hydrogen-bond donors (Lipinski definition) is 0. The summed E-state index contributed by atoms with van der Waals surface area (Å²) in [5.41, 5.74) is 11.1. The van der Waals surface area contributed by atoms with Crippen molar-refractivity contribution in [3.8, 4) is 22.3 Å².